The lowest BCUT2D eigenvalue weighted by Gasteiger charge is -2.19. The Kier molecular flexibility index (Phi) is 6.81. The van der Waals surface area contributed by atoms with Gasteiger partial charge in [-0.15, -0.1) is 11.3 Å². The number of nitrogens with one attached hydrogen (secondary N) is 2. The lowest BCUT2D eigenvalue weighted by molar-refractivity contribution is -0.119. The van der Waals surface area contributed by atoms with Crippen molar-refractivity contribution in [3.8, 4) is 17.1 Å². The maximum Gasteiger partial charge on any atom is 0.357 e. The number of aromatic hydroxyl groups is 1. The van der Waals surface area contributed by atoms with Gasteiger partial charge in [0.05, 0.1) is 12.1 Å². The van der Waals surface area contributed by atoms with Crippen molar-refractivity contribution in [2.24, 2.45) is 5.92 Å². The van der Waals surface area contributed by atoms with Crippen molar-refractivity contribution >= 4 is 39.9 Å². The van der Waals surface area contributed by atoms with Gasteiger partial charge in [-0.2, -0.15) is 0 Å². The molecule has 0 bridgehead atoms. The number of nitrogens with zero attached hydrogens (tertiary/aromatic N) is 2. The quantitative estimate of drug-likeness (QED) is 0.458. The number of benzene rings is 1. The van der Waals surface area contributed by atoms with E-state index in [4.69, 9.17) is 11.6 Å². The number of hydrogen-bond donors (Lipinski definition) is 3. The number of amides is 1. The van der Waals surface area contributed by atoms with Crippen LogP contribution in [0.2, 0.25) is 5.02 Å². The van der Waals surface area contributed by atoms with Crippen LogP contribution >= 0.6 is 22.9 Å². The van der Waals surface area contributed by atoms with Gasteiger partial charge in [-0.25, -0.2) is 14.6 Å². The highest BCUT2D eigenvalue weighted by Crippen LogP contribution is 2.34. The lowest BCUT2D eigenvalue weighted by Crippen LogP contribution is -2.33. The lowest BCUT2D eigenvalue weighted by atomic mass is 10.0. The van der Waals surface area contributed by atoms with Crippen molar-refractivity contribution in [3.63, 3.8) is 0 Å². The summed E-state index contributed by atoms with van der Waals surface area (Å²) in [6.45, 7) is 3.78. The van der Waals surface area contributed by atoms with Gasteiger partial charge in [0.25, 0.3) is 0 Å². The second kappa shape index (κ2) is 9.36. The van der Waals surface area contributed by atoms with Crippen LogP contribution in [0.4, 0.5) is 5.13 Å². The first kappa shape index (κ1) is 22.6. The second-order valence-corrected chi connectivity index (χ2v) is 8.41. The molecule has 0 aliphatic carbocycles. The number of anilines is 1. The molecule has 2 aromatic heterocycles. The van der Waals surface area contributed by atoms with Crippen LogP contribution in [0.25, 0.3) is 11.3 Å². The zero-order valence-electron chi connectivity index (χ0n) is 17.0. The van der Waals surface area contributed by atoms with Crippen LogP contribution in [0, 0.1) is 5.92 Å². The van der Waals surface area contributed by atoms with Gasteiger partial charge in [0.15, 0.2) is 10.8 Å². The highest BCUT2D eigenvalue weighted by molar-refractivity contribution is 7.14. The molecular formula is C20H21ClN4O5S. The number of rotatable bonds is 7. The van der Waals surface area contributed by atoms with Gasteiger partial charge in [-0.05, 0) is 18.4 Å². The molecule has 0 fully saturated rings. The number of esters is 1. The summed E-state index contributed by atoms with van der Waals surface area (Å²) in [5.41, 5.74) is -0.0308. The third-order valence-corrected chi connectivity index (χ3v) is 5.57. The van der Waals surface area contributed by atoms with Crippen molar-refractivity contribution in [2.75, 3.05) is 12.4 Å². The fraction of sp³-hybridized carbons (Fsp3) is 0.300. The Balaban J connectivity index is 1.97. The van der Waals surface area contributed by atoms with Gasteiger partial charge >= 0.3 is 11.7 Å². The largest absolute Gasteiger partial charge is 0.493 e. The Morgan fingerprint density at radius 3 is 2.71 bits per heavy atom. The third-order valence-electron chi connectivity index (χ3n) is 4.48. The number of halogens is 1. The predicted octanol–water partition coefficient (Wildman–Crippen LogP) is 3.67. The number of carbonyl (C=O) groups excluding carboxylic acids is 2. The first-order valence-corrected chi connectivity index (χ1v) is 10.6. The molecule has 1 atom stereocenters. The molecule has 0 aliphatic heterocycles. The van der Waals surface area contributed by atoms with Gasteiger partial charge in [-0.3, -0.25) is 9.36 Å². The van der Waals surface area contributed by atoms with Gasteiger partial charge in [-0.1, -0.05) is 43.6 Å². The number of hydrogen-bond acceptors (Lipinski definition) is 7. The van der Waals surface area contributed by atoms with Crippen molar-refractivity contribution in [3.05, 3.63) is 50.8 Å². The van der Waals surface area contributed by atoms with Crippen LogP contribution in [0.5, 0.6) is 5.88 Å². The van der Waals surface area contributed by atoms with Gasteiger partial charge in [0.1, 0.15) is 11.7 Å². The molecule has 164 valence electrons. The normalized spacial score (nSPS) is 12.0. The summed E-state index contributed by atoms with van der Waals surface area (Å²) in [5.74, 6) is -1.54. The number of imidazole rings is 1. The van der Waals surface area contributed by atoms with Crippen LogP contribution in [-0.2, 0) is 9.53 Å². The van der Waals surface area contributed by atoms with Crippen LogP contribution in [0.1, 0.15) is 36.8 Å². The Bertz CT molecular complexity index is 1170. The maximum absolute atomic E-state index is 13.0. The standard InChI is InChI=1S/C20H21ClN4O5S/c1-10(2)8-14(16(26)24-19-22-13(9-31-19)18(28)30-3)25-17(27)15(23-20(25)29)11-6-4-5-7-12(11)21/h4-7,9-10,14,27H,8H2,1-3H3,(H,23,29)(H,22,24,26)/t14-/m0/s1. The van der Waals surface area contributed by atoms with E-state index in [1.54, 1.807) is 24.3 Å². The Labute approximate surface area is 186 Å². The van der Waals surface area contributed by atoms with Crippen molar-refractivity contribution in [2.45, 2.75) is 26.3 Å². The molecule has 1 aromatic carbocycles. The van der Waals surface area contributed by atoms with E-state index in [-0.39, 0.29) is 28.9 Å². The molecule has 0 saturated heterocycles. The Morgan fingerprint density at radius 2 is 2.06 bits per heavy atom. The first-order chi connectivity index (χ1) is 14.7. The number of carbonyl (C=O) groups is 2. The summed E-state index contributed by atoms with van der Waals surface area (Å²) < 4.78 is 5.61. The monoisotopic (exact) mass is 464 g/mol. The molecule has 3 N–H and O–H groups in total. The molecule has 11 heteroatoms. The minimum atomic E-state index is -1.02. The summed E-state index contributed by atoms with van der Waals surface area (Å²) in [5, 5.41) is 15.4. The summed E-state index contributed by atoms with van der Waals surface area (Å²) >= 11 is 7.25. The summed E-state index contributed by atoms with van der Waals surface area (Å²) in [6.07, 6.45) is 0.272. The number of thiazole rings is 1. The van der Waals surface area contributed by atoms with Gasteiger partial charge in [0, 0.05) is 10.9 Å². The van der Waals surface area contributed by atoms with Crippen molar-refractivity contribution in [1.29, 1.82) is 0 Å². The second-order valence-electron chi connectivity index (χ2n) is 7.14. The highest BCUT2D eigenvalue weighted by Gasteiger charge is 2.29. The zero-order chi connectivity index (χ0) is 22.7. The average Bonchev–Trinajstić information content (AvgIpc) is 3.30. The highest BCUT2D eigenvalue weighted by atomic mass is 35.5. The molecule has 2 heterocycles. The first-order valence-electron chi connectivity index (χ1n) is 9.36. The molecule has 31 heavy (non-hydrogen) atoms. The fourth-order valence-electron chi connectivity index (χ4n) is 3.07. The zero-order valence-corrected chi connectivity index (χ0v) is 18.6. The molecule has 9 nitrogen and oxygen atoms in total. The molecule has 0 saturated carbocycles. The Hall–Kier alpha value is -3.11. The molecule has 0 unspecified atom stereocenters. The molecule has 0 aliphatic rings. The molecular weight excluding hydrogens is 444 g/mol. The van der Waals surface area contributed by atoms with E-state index in [2.05, 4.69) is 20.0 Å². The third kappa shape index (κ3) is 4.80. The number of aromatic amines is 1. The number of ether oxygens (including phenoxy) is 1. The minimum Gasteiger partial charge on any atom is -0.493 e. The van der Waals surface area contributed by atoms with Crippen molar-refractivity contribution in [1.82, 2.24) is 14.5 Å². The average molecular weight is 465 g/mol. The molecule has 0 radical (unpaired) electrons. The van der Waals surface area contributed by atoms with Crippen LogP contribution in [0.15, 0.2) is 34.4 Å². The van der Waals surface area contributed by atoms with E-state index in [9.17, 15) is 19.5 Å². The minimum absolute atomic E-state index is 0.0302. The summed E-state index contributed by atoms with van der Waals surface area (Å²) in [7, 11) is 1.23. The van der Waals surface area contributed by atoms with E-state index in [0.29, 0.717) is 10.6 Å². The smallest absolute Gasteiger partial charge is 0.357 e. The fourth-order valence-corrected chi connectivity index (χ4v) is 3.99. The van der Waals surface area contributed by atoms with Crippen LogP contribution in [-0.4, -0.2) is 38.6 Å². The SMILES string of the molecule is COC(=O)c1csc(NC(=O)[C@H](CC(C)C)n2c(O)c(-c3ccccc3Cl)[nH]c2=O)n1. The molecule has 1 amide bonds. The van der Waals surface area contributed by atoms with Gasteiger partial charge < -0.3 is 20.1 Å². The number of H-pyrrole nitrogens is 1. The number of aromatic nitrogens is 3. The molecule has 0 spiro atoms. The maximum atomic E-state index is 13.0. The van der Waals surface area contributed by atoms with E-state index >= 15 is 0 Å². The van der Waals surface area contributed by atoms with Crippen molar-refractivity contribution < 1.29 is 19.4 Å². The Morgan fingerprint density at radius 1 is 1.35 bits per heavy atom. The predicted molar refractivity (Wildman–Crippen MR) is 118 cm³/mol. The van der Waals surface area contributed by atoms with E-state index in [0.717, 1.165) is 15.9 Å². The van der Waals surface area contributed by atoms with Crippen LogP contribution < -0.4 is 11.0 Å². The van der Waals surface area contributed by atoms with E-state index in [1.165, 1.54) is 12.5 Å². The molecule has 3 aromatic rings. The van der Waals surface area contributed by atoms with Gasteiger partial charge in [0.2, 0.25) is 11.8 Å². The topological polar surface area (TPSA) is 126 Å². The summed E-state index contributed by atoms with van der Waals surface area (Å²) in [4.78, 5) is 43.9. The van der Waals surface area contributed by atoms with E-state index in [1.807, 2.05) is 13.8 Å². The number of methoxy groups -OCH3 is 1. The van der Waals surface area contributed by atoms with Crippen LogP contribution in [0.3, 0.4) is 0 Å². The molecule has 3 rings (SSSR count). The summed E-state index contributed by atoms with van der Waals surface area (Å²) in [6, 6.07) is 5.70. The van der Waals surface area contributed by atoms with E-state index < -0.39 is 29.5 Å².